The van der Waals surface area contributed by atoms with Gasteiger partial charge in [0.2, 0.25) is 6.41 Å². The molecule has 84 valence electrons. The van der Waals surface area contributed by atoms with Gasteiger partial charge >= 0.3 is 0 Å². The Labute approximate surface area is 91.4 Å². The van der Waals surface area contributed by atoms with E-state index in [-0.39, 0.29) is 23.7 Å². The highest BCUT2D eigenvalue weighted by Gasteiger charge is 2.27. The van der Waals surface area contributed by atoms with E-state index in [2.05, 4.69) is 5.32 Å². The van der Waals surface area contributed by atoms with Gasteiger partial charge < -0.3 is 10.1 Å². The predicted molar refractivity (Wildman–Crippen MR) is 53.8 cm³/mol. The number of rotatable bonds is 2. The lowest BCUT2D eigenvalue weighted by molar-refractivity contribution is -0.110. The molecule has 16 heavy (non-hydrogen) atoms. The molecule has 4 nitrogen and oxygen atoms in total. The van der Waals surface area contributed by atoms with Gasteiger partial charge in [0.15, 0.2) is 17.3 Å². The molecule has 0 bridgehead atoms. The number of halogens is 1. The molecule has 1 amide bonds. The predicted octanol–water partition coefficient (Wildman–Crippen LogP) is 0.905. The van der Waals surface area contributed by atoms with E-state index in [1.807, 2.05) is 0 Å². The largest absolute Gasteiger partial charge is 0.490 e. The van der Waals surface area contributed by atoms with Crippen molar-refractivity contribution in [2.24, 2.45) is 0 Å². The first-order chi connectivity index (χ1) is 7.74. The molecule has 1 unspecified atom stereocenters. The molecule has 1 aliphatic heterocycles. The molecule has 0 fully saturated rings. The van der Waals surface area contributed by atoms with E-state index < -0.39 is 11.9 Å². The standard InChI is InChI=1S/C11H10FNO3/c12-8-3-1-2-7-10(15)9(13-6-14)4-5-16-11(7)8/h1-3,6,9H,4-5H2,(H,13,14). The van der Waals surface area contributed by atoms with Gasteiger partial charge in [0.25, 0.3) is 0 Å². The maximum absolute atomic E-state index is 13.4. The Balaban J connectivity index is 2.41. The average Bonchev–Trinajstić information content (AvgIpc) is 2.43. The third kappa shape index (κ3) is 1.76. The topological polar surface area (TPSA) is 55.4 Å². The zero-order chi connectivity index (χ0) is 11.5. The monoisotopic (exact) mass is 223 g/mol. The van der Waals surface area contributed by atoms with E-state index >= 15 is 0 Å². The van der Waals surface area contributed by atoms with E-state index in [0.29, 0.717) is 12.8 Å². The zero-order valence-corrected chi connectivity index (χ0v) is 8.40. The maximum Gasteiger partial charge on any atom is 0.207 e. The van der Waals surface area contributed by atoms with Crippen LogP contribution in [0.25, 0.3) is 0 Å². The molecule has 0 radical (unpaired) electrons. The minimum Gasteiger partial charge on any atom is -0.490 e. The molecule has 0 aliphatic carbocycles. The van der Waals surface area contributed by atoms with Gasteiger partial charge in [-0.3, -0.25) is 9.59 Å². The number of carbonyl (C=O) groups is 2. The Kier molecular flexibility index (Phi) is 2.85. The van der Waals surface area contributed by atoms with Crippen molar-refractivity contribution in [3.63, 3.8) is 0 Å². The number of carbonyl (C=O) groups excluding carboxylic acids is 2. The van der Waals surface area contributed by atoms with E-state index in [9.17, 15) is 14.0 Å². The third-order valence-electron chi connectivity index (χ3n) is 2.47. The number of nitrogens with one attached hydrogen (secondary N) is 1. The van der Waals surface area contributed by atoms with Gasteiger partial charge in [-0.25, -0.2) is 4.39 Å². The molecule has 0 aromatic heterocycles. The fourth-order valence-corrected chi connectivity index (χ4v) is 1.69. The van der Waals surface area contributed by atoms with Crippen molar-refractivity contribution < 1.29 is 18.7 Å². The van der Waals surface area contributed by atoms with Crippen molar-refractivity contribution >= 4 is 12.2 Å². The van der Waals surface area contributed by atoms with Crippen LogP contribution in [0.4, 0.5) is 4.39 Å². The van der Waals surface area contributed by atoms with Crippen LogP contribution in [0.1, 0.15) is 16.8 Å². The molecule has 1 N–H and O–H groups in total. The normalized spacial score (nSPS) is 19.3. The molecule has 1 heterocycles. The van der Waals surface area contributed by atoms with Gasteiger partial charge in [-0.1, -0.05) is 6.07 Å². The number of hydrogen-bond acceptors (Lipinski definition) is 3. The van der Waals surface area contributed by atoms with E-state index in [1.54, 1.807) is 0 Å². The summed E-state index contributed by atoms with van der Waals surface area (Å²) in [5, 5.41) is 2.40. The summed E-state index contributed by atoms with van der Waals surface area (Å²) in [6, 6.07) is 3.53. The Morgan fingerprint density at radius 2 is 2.31 bits per heavy atom. The Bertz CT molecular complexity index is 433. The van der Waals surface area contributed by atoms with E-state index in [1.165, 1.54) is 18.2 Å². The summed E-state index contributed by atoms with van der Waals surface area (Å²) in [5.74, 6) is -0.903. The minimum absolute atomic E-state index is 0.0253. The van der Waals surface area contributed by atoms with Gasteiger partial charge in [0.05, 0.1) is 18.2 Å². The van der Waals surface area contributed by atoms with Crippen molar-refractivity contribution in [1.82, 2.24) is 5.32 Å². The third-order valence-corrected chi connectivity index (χ3v) is 2.47. The van der Waals surface area contributed by atoms with Crippen LogP contribution in [0.5, 0.6) is 5.75 Å². The first-order valence-electron chi connectivity index (χ1n) is 4.89. The highest BCUT2D eigenvalue weighted by atomic mass is 19.1. The number of fused-ring (bicyclic) bond motifs is 1. The summed E-state index contributed by atoms with van der Waals surface area (Å²) in [6.07, 6.45) is 0.804. The number of benzene rings is 1. The van der Waals surface area contributed by atoms with Gasteiger partial charge in [-0.05, 0) is 12.1 Å². The molecule has 1 aromatic rings. The van der Waals surface area contributed by atoms with Gasteiger partial charge in [0.1, 0.15) is 0 Å². The summed E-state index contributed by atoms with van der Waals surface area (Å²) in [4.78, 5) is 22.2. The van der Waals surface area contributed by atoms with Crippen molar-refractivity contribution in [1.29, 1.82) is 0 Å². The lowest BCUT2D eigenvalue weighted by atomic mass is 10.0. The minimum atomic E-state index is -0.638. The molecule has 1 aliphatic rings. The molecule has 0 spiro atoms. The molecular formula is C11H10FNO3. The molecule has 5 heteroatoms. The Morgan fingerprint density at radius 1 is 1.50 bits per heavy atom. The number of Topliss-reactive ketones (excluding diaryl/α,β-unsaturated/α-hetero) is 1. The van der Waals surface area contributed by atoms with Gasteiger partial charge in [-0.2, -0.15) is 0 Å². The number of amides is 1. The molecule has 0 saturated heterocycles. The summed E-state index contributed by atoms with van der Waals surface area (Å²) in [5.41, 5.74) is 0.178. The van der Waals surface area contributed by atoms with Crippen LogP contribution in [0.3, 0.4) is 0 Å². The summed E-state index contributed by atoms with van der Waals surface area (Å²) in [7, 11) is 0. The molecule has 1 aromatic carbocycles. The van der Waals surface area contributed by atoms with Crippen LogP contribution >= 0.6 is 0 Å². The summed E-state index contributed by atoms with van der Waals surface area (Å²) in [6.45, 7) is 0.200. The molecule has 2 rings (SSSR count). The second kappa shape index (κ2) is 4.30. The highest BCUT2D eigenvalue weighted by Crippen LogP contribution is 2.27. The summed E-state index contributed by atoms with van der Waals surface area (Å²) >= 11 is 0. The first-order valence-corrected chi connectivity index (χ1v) is 4.89. The van der Waals surface area contributed by atoms with E-state index in [4.69, 9.17) is 4.74 Å². The maximum atomic E-state index is 13.4. The smallest absolute Gasteiger partial charge is 0.207 e. The quantitative estimate of drug-likeness (QED) is 0.758. The lowest BCUT2D eigenvalue weighted by Crippen LogP contribution is -2.35. The van der Waals surface area contributed by atoms with Gasteiger partial charge in [0, 0.05) is 6.42 Å². The second-order valence-corrected chi connectivity index (χ2v) is 3.46. The highest BCUT2D eigenvalue weighted by molar-refractivity contribution is 6.03. The van der Waals surface area contributed by atoms with Crippen molar-refractivity contribution in [2.75, 3.05) is 6.61 Å². The van der Waals surface area contributed by atoms with Crippen LogP contribution in [-0.2, 0) is 4.79 Å². The summed E-state index contributed by atoms with van der Waals surface area (Å²) < 4.78 is 18.5. The molecule has 1 atom stereocenters. The van der Waals surface area contributed by atoms with Crippen LogP contribution in [0.2, 0.25) is 0 Å². The SMILES string of the molecule is O=CNC1CCOc2c(F)cccc2C1=O. The van der Waals surface area contributed by atoms with Crippen LogP contribution in [-0.4, -0.2) is 24.8 Å². The fourth-order valence-electron chi connectivity index (χ4n) is 1.69. The van der Waals surface area contributed by atoms with E-state index in [0.717, 1.165) is 0 Å². The van der Waals surface area contributed by atoms with Crippen molar-refractivity contribution in [3.8, 4) is 5.75 Å². The lowest BCUT2D eigenvalue weighted by Gasteiger charge is -2.10. The number of ketones is 1. The first kappa shape index (κ1) is 10.6. The average molecular weight is 223 g/mol. The van der Waals surface area contributed by atoms with Gasteiger partial charge in [-0.15, -0.1) is 0 Å². The molecule has 0 saturated carbocycles. The van der Waals surface area contributed by atoms with Crippen LogP contribution in [0, 0.1) is 5.82 Å². The van der Waals surface area contributed by atoms with Crippen molar-refractivity contribution in [2.45, 2.75) is 12.5 Å². The Hall–Kier alpha value is -1.91. The number of para-hydroxylation sites is 1. The Morgan fingerprint density at radius 3 is 3.06 bits per heavy atom. The second-order valence-electron chi connectivity index (χ2n) is 3.46. The van der Waals surface area contributed by atoms with Crippen molar-refractivity contribution in [3.05, 3.63) is 29.6 Å². The fraction of sp³-hybridized carbons (Fsp3) is 0.273. The molecular weight excluding hydrogens is 213 g/mol. The number of ether oxygens (including phenoxy) is 1. The van der Waals surface area contributed by atoms with Crippen LogP contribution in [0.15, 0.2) is 18.2 Å². The zero-order valence-electron chi connectivity index (χ0n) is 8.40. The number of hydrogen-bond donors (Lipinski definition) is 1. The van der Waals surface area contributed by atoms with Crippen LogP contribution < -0.4 is 10.1 Å².